The zero-order valence-corrected chi connectivity index (χ0v) is 34.4. The zero-order chi connectivity index (χ0) is 39.8. The van der Waals surface area contributed by atoms with E-state index in [1.165, 1.54) is 108 Å². The molecule has 0 radical (unpaired) electrons. The van der Waals surface area contributed by atoms with Crippen molar-refractivity contribution in [3.63, 3.8) is 0 Å². The molecule has 7 aromatic carbocycles. The Morgan fingerprint density at radius 3 is 1.61 bits per heavy atom. The van der Waals surface area contributed by atoms with Crippen LogP contribution in [-0.2, 0) is 5.41 Å². The number of fused-ring (bicyclic) bond motifs is 12. The lowest BCUT2D eigenvalue weighted by molar-refractivity contribution is -0.00938. The van der Waals surface area contributed by atoms with Crippen molar-refractivity contribution in [2.45, 2.75) is 43.9 Å². The molecule has 15 rings (SSSR count). The van der Waals surface area contributed by atoms with Gasteiger partial charge in [0.05, 0.1) is 26.8 Å². The van der Waals surface area contributed by atoms with E-state index in [1.54, 1.807) is 0 Å². The van der Waals surface area contributed by atoms with Crippen LogP contribution in [0.2, 0.25) is 0 Å². The van der Waals surface area contributed by atoms with Gasteiger partial charge in [-0.3, -0.25) is 0 Å². The van der Waals surface area contributed by atoms with Gasteiger partial charge < -0.3 is 9.13 Å². The quantitative estimate of drug-likeness (QED) is 0.174. The minimum absolute atomic E-state index is 0.0559. The summed E-state index contributed by atoms with van der Waals surface area (Å²) in [7, 11) is 0. The zero-order valence-electron chi connectivity index (χ0n) is 33.6. The van der Waals surface area contributed by atoms with E-state index in [1.807, 2.05) is 11.3 Å². The minimum Gasteiger partial charge on any atom is -0.309 e. The molecular weight excluding hydrogens is 763 g/mol. The summed E-state index contributed by atoms with van der Waals surface area (Å²) in [6.07, 6.45) is 7.81. The van der Waals surface area contributed by atoms with Crippen LogP contribution < -0.4 is 0 Å². The molecule has 4 aliphatic carbocycles. The average Bonchev–Trinajstić information content (AvgIpc) is 3.97. The van der Waals surface area contributed by atoms with Crippen molar-refractivity contribution in [3.05, 3.63) is 164 Å². The van der Waals surface area contributed by atoms with Crippen LogP contribution in [0.3, 0.4) is 0 Å². The predicted octanol–water partition coefficient (Wildman–Crippen LogP) is 14.2. The summed E-state index contributed by atoms with van der Waals surface area (Å²) in [5.41, 5.74) is 9.30. The second-order valence-electron chi connectivity index (χ2n) is 18.2. The molecule has 0 amide bonds. The van der Waals surface area contributed by atoms with Crippen LogP contribution in [0.5, 0.6) is 0 Å². The molecule has 4 aliphatic rings. The van der Waals surface area contributed by atoms with Gasteiger partial charge in [0.2, 0.25) is 0 Å². The Bertz CT molecular complexity index is 3520. The highest BCUT2D eigenvalue weighted by Gasteiger charge is 2.53. The Morgan fingerprint density at radius 2 is 0.951 bits per heavy atom. The molecule has 292 valence electrons. The fourth-order valence-corrected chi connectivity index (χ4v) is 13.9. The number of nitrogens with zero attached hydrogens (tertiary/aromatic N) is 5. The van der Waals surface area contributed by atoms with Crippen molar-refractivity contribution in [1.29, 1.82) is 0 Å². The Labute approximate surface area is 357 Å². The molecule has 4 bridgehead atoms. The van der Waals surface area contributed by atoms with E-state index >= 15 is 0 Å². The van der Waals surface area contributed by atoms with Crippen LogP contribution in [-0.4, -0.2) is 24.1 Å². The third-order valence-electron chi connectivity index (χ3n) is 14.6. The summed E-state index contributed by atoms with van der Waals surface area (Å²) in [4.78, 5) is 16.0. The monoisotopic (exact) mass is 803 g/mol. The van der Waals surface area contributed by atoms with Crippen LogP contribution in [0.15, 0.2) is 158 Å². The summed E-state index contributed by atoms with van der Waals surface area (Å²) in [6.45, 7) is 0. The van der Waals surface area contributed by atoms with Crippen molar-refractivity contribution in [2.75, 3.05) is 0 Å². The van der Waals surface area contributed by atoms with Crippen LogP contribution >= 0.6 is 11.3 Å². The average molecular weight is 804 g/mol. The van der Waals surface area contributed by atoms with Crippen LogP contribution in [0.4, 0.5) is 0 Å². The fraction of sp³-hybridized carbons (Fsp3) is 0.182. The lowest BCUT2D eigenvalue weighted by Gasteiger charge is -2.56. The van der Waals surface area contributed by atoms with E-state index < -0.39 is 0 Å². The molecule has 11 aromatic rings. The van der Waals surface area contributed by atoms with Crippen molar-refractivity contribution in [3.8, 4) is 34.2 Å². The smallest absolute Gasteiger partial charge is 0.163 e. The first-order valence-corrected chi connectivity index (χ1v) is 22.8. The number of aromatic nitrogens is 5. The molecule has 61 heavy (non-hydrogen) atoms. The molecule has 4 fully saturated rings. The van der Waals surface area contributed by atoms with Gasteiger partial charge in [0.15, 0.2) is 11.6 Å². The molecule has 0 spiro atoms. The number of hydrogen-bond acceptors (Lipinski definition) is 4. The summed E-state index contributed by atoms with van der Waals surface area (Å²) in [6, 6.07) is 57.4. The molecule has 0 aliphatic heterocycles. The van der Waals surface area contributed by atoms with Gasteiger partial charge >= 0.3 is 0 Å². The first-order valence-electron chi connectivity index (χ1n) is 22.0. The molecule has 0 saturated heterocycles. The van der Waals surface area contributed by atoms with Crippen molar-refractivity contribution < 1.29 is 0 Å². The van der Waals surface area contributed by atoms with Gasteiger partial charge in [-0.05, 0) is 111 Å². The molecule has 5 nitrogen and oxygen atoms in total. The van der Waals surface area contributed by atoms with Gasteiger partial charge in [-0.1, -0.05) is 103 Å². The summed E-state index contributed by atoms with van der Waals surface area (Å²) in [5, 5.41) is 7.72. The van der Waals surface area contributed by atoms with Gasteiger partial charge in [0, 0.05) is 64.9 Å². The van der Waals surface area contributed by atoms with Crippen LogP contribution in [0.25, 0.3) is 97.9 Å². The minimum atomic E-state index is 0.0559. The first kappa shape index (κ1) is 34.1. The van der Waals surface area contributed by atoms with E-state index in [-0.39, 0.29) is 5.41 Å². The van der Waals surface area contributed by atoms with E-state index in [4.69, 9.17) is 15.0 Å². The highest BCUT2D eigenvalue weighted by molar-refractivity contribution is 7.27. The van der Waals surface area contributed by atoms with Gasteiger partial charge in [-0.2, -0.15) is 0 Å². The van der Waals surface area contributed by atoms with E-state index in [2.05, 4.69) is 167 Å². The summed E-state index contributed by atoms with van der Waals surface area (Å²) >= 11 is 1.91. The molecule has 0 unspecified atom stereocenters. The molecule has 6 heteroatoms. The van der Waals surface area contributed by atoms with Crippen LogP contribution in [0, 0.1) is 17.8 Å². The SMILES string of the molecule is c1ccc(-c2nc(-c3ccc(-n4c5ccccc5c5c6c7ccccc7sc6c6c(c7ccccc7n6-c6ccccc6)c54)cc3)nc(C34CC5CC(CC(C5)C3)C4)n2)cc1. The number of hydrogen-bond donors (Lipinski definition) is 0. The number of para-hydroxylation sites is 3. The maximum atomic E-state index is 5.44. The molecule has 4 heterocycles. The second-order valence-corrected chi connectivity index (χ2v) is 19.3. The van der Waals surface area contributed by atoms with Crippen LogP contribution in [0.1, 0.15) is 44.3 Å². The number of rotatable bonds is 5. The Balaban J connectivity index is 1.03. The van der Waals surface area contributed by atoms with E-state index in [0.717, 1.165) is 52.0 Å². The first-order chi connectivity index (χ1) is 30.2. The Morgan fingerprint density at radius 1 is 0.443 bits per heavy atom. The van der Waals surface area contributed by atoms with Gasteiger partial charge in [0.25, 0.3) is 0 Å². The maximum Gasteiger partial charge on any atom is 0.163 e. The third-order valence-corrected chi connectivity index (χ3v) is 15.8. The van der Waals surface area contributed by atoms with Crippen molar-refractivity contribution >= 4 is 75.1 Å². The predicted molar refractivity (Wildman–Crippen MR) is 252 cm³/mol. The maximum absolute atomic E-state index is 5.44. The van der Waals surface area contributed by atoms with Crippen molar-refractivity contribution in [2.24, 2.45) is 17.8 Å². The largest absolute Gasteiger partial charge is 0.309 e. The molecular formula is C55H41N5S. The Hall–Kier alpha value is -6.63. The molecule has 4 aromatic heterocycles. The summed E-state index contributed by atoms with van der Waals surface area (Å²) < 4.78 is 7.64. The second kappa shape index (κ2) is 12.7. The molecule has 0 atom stereocenters. The standard InChI is InChI=1S/C55H41N5S/c1-3-13-36(14-4-1)52-56-53(58-54(57-52)55-30-33-27-34(31-55)29-35(28-33)32-55)37-23-25-39(26-24-37)59-43-20-10-7-17-40(43)46-47-42-19-9-12-22-45(42)61-51(47)50-48(49(46)59)41-18-8-11-21-44(41)60(50)38-15-5-2-6-16-38/h1-26,33-35H,27-32H2. The fourth-order valence-electron chi connectivity index (χ4n) is 12.6. The lowest BCUT2D eigenvalue weighted by Crippen LogP contribution is -2.49. The number of benzene rings is 7. The normalized spacial score (nSPS) is 21.0. The highest BCUT2D eigenvalue weighted by Crippen LogP contribution is 2.60. The molecule has 0 N–H and O–H groups in total. The summed E-state index contributed by atoms with van der Waals surface area (Å²) in [5.74, 6) is 4.99. The number of thiophene rings is 1. The van der Waals surface area contributed by atoms with E-state index in [9.17, 15) is 0 Å². The molecule has 4 saturated carbocycles. The Kier molecular flexibility index (Phi) is 7.10. The lowest BCUT2D eigenvalue weighted by atomic mass is 9.49. The van der Waals surface area contributed by atoms with Crippen molar-refractivity contribution in [1.82, 2.24) is 24.1 Å². The van der Waals surface area contributed by atoms with Gasteiger partial charge in [-0.25, -0.2) is 15.0 Å². The van der Waals surface area contributed by atoms with Gasteiger partial charge in [-0.15, -0.1) is 11.3 Å². The highest BCUT2D eigenvalue weighted by atomic mass is 32.1. The topological polar surface area (TPSA) is 48.5 Å². The third kappa shape index (κ3) is 4.91. The van der Waals surface area contributed by atoms with Gasteiger partial charge in [0.1, 0.15) is 5.82 Å². The van der Waals surface area contributed by atoms with E-state index in [0.29, 0.717) is 0 Å².